The van der Waals surface area contributed by atoms with E-state index in [1.165, 1.54) is 9.08 Å². The number of aromatic nitrogens is 4. The standard InChI is InChI=1S/C27H24N4O4/c1-16-9-10-21(17(2)11-16)24(32)15-30-23-8-6-5-7-22(23)26-28-25(29-31(26)27(30)33)18-12-19(34-3)14-20(13-18)35-4/h5-14H,15H2,1-4H3. The second-order valence-electron chi connectivity index (χ2n) is 8.40. The summed E-state index contributed by atoms with van der Waals surface area (Å²) in [6, 6.07) is 18.4. The summed E-state index contributed by atoms with van der Waals surface area (Å²) in [7, 11) is 3.13. The lowest BCUT2D eigenvalue weighted by atomic mass is 10.0. The zero-order valence-corrected chi connectivity index (χ0v) is 19.9. The molecule has 0 unspecified atom stereocenters. The first-order valence-corrected chi connectivity index (χ1v) is 11.1. The molecule has 3 aromatic carbocycles. The number of aryl methyl sites for hydroxylation is 2. The molecule has 0 fully saturated rings. The predicted octanol–water partition coefficient (Wildman–Crippen LogP) is 4.23. The maximum Gasteiger partial charge on any atom is 0.351 e. The van der Waals surface area contributed by atoms with Gasteiger partial charge in [0.05, 0.1) is 26.3 Å². The van der Waals surface area contributed by atoms with E-state index in [0.29, 0.717) is 45.0 Å². The highest BCUT2D eigenvalue weighted by Gasteiger charge is 2.19. The first-order valence-electron chi connectivity index (χ1n) is 11.1. The van der Waals surface area contributed by atoms with Crippen LogP contribution in [0.2, 0.25) is 0 Å². The largest absolute Gasteiger partial charge is 0.497 e. The van der Waals surface area contributed by atoms with E-state index in [1.54, 1.807) is 32.4 Å². The van der Waals surface area contributed by atoms with E-state index in [9.17, 15) is 9.59 Å². The van der Waals surface area contributed by atoms with Gasteiger partial charge in [-0.15, -0.1) is 5.10 Å². The van der Waals surface area contributed by atoms with Crippen LogP contribution in [0.4, 0.5) is 0 Å². The summed E-state index contributed by atoms with van der Waals surface area (Å²) in [5.74, 6) is 1.37. The monoisotopic (exact) mass is 468 g/mol. The van der Waals surface area contributed by atoms with Gasteiger partial charge in [-0.2, -0.15) is 4.52 Å². The topological polar surface area (TPSA) is 87.7 Å². The zero-order valence-electron chi connectivity index (χ0n) is 19.9. The minimum absolute atomic E-state index is 0.110. The average Bonchev–Trinajstić information content (AvgIpc) is 3.32. The summed E-state index contributed by atoms with van der Waals surface area (Å²) in [6.45, 7) is 3.77. The number of ketones is 1. The average molecular weight is 469 g/mol. The third kappa shape index (κ3) is 3.93. The van der Waals surface area contributed by atoms with Crippen LogP contribution < -0.4 is 15.2 Å². The third-order valence-corrected chi connectivity index (χ3v) is 6.05. The molecule has 176 valence electrons. The molecule has 0 radical (unpaired) electrons. The van der Waals surface area contributed by atoms with Crippen molar-refractivity contribution >= 4 is 22.3 Å². The first-order chi connectivity index (χ1) is 16.9. The van der Waals surface area contributed by atoms with E-state index in [0.717, 1.165) is 11.1 Å². The van der Waals surface area contributed by atoms with Crippen LogP contribution in [0, 0.1) is 13.8 Å². The van der Waals surface area contributed by atoms with E-state index >= 15 is 0 Å². The minimum Gasteiger partial charge on any atom is -0.497 e. The second-order valence-corrected chi connectivity index (χ2v) is 8.40. The van der Waals surface area contributed by atoms with Crippen molar-refractivity contribution in [2.75, 3.05) is 14.2 Å². The van der Waals surface area contributed by atoms with Gasteiger partial charge in [0.15, 0.2) is 17.3 Å². The number of ether oxygens (including phenoxy) is 2. The lowest BCUT2D eigenvalue weighted by Gasteiger charge is -2.11. The van der Waals surface area contributed by atoms with Crippen molar-refractivity contribution in [1.29, 1.82) is 0 Å². The van der Waals surface area contributed by atoms with Gasteiger partial charge in [-0.05, 0) is 43.7 Å². The molecule has 2 heterocycles. The Morgan fingerprint density at radius 3 is 2.34 bits per heavy atom. The van der Waals surface area contributed by atoms with Crippen molar-refractivity contribution in [2.24, 2.45) is 0 Å². The fourth-order valence-corrected chi connectivity index (χ4v) is 4.30. The number of hydrogen-bond donors (Lipinski definition) is 0. The number of nitrogens with zero attached hydrogens (tertiary/aromatic N) is 4. The number of Topliss-reactive ketones (excluding diaryl/α,β-unsaturated/α-hetero) is 1. The minimum atomic E-state index is -0.439. The SMILES string of the molecule is COc1cc(OC)cc(-c2nc3c4ccccc4n(CC(=O)c4ccc(C)cc4C)c(=O)n3n2)c1. The summed E-state index contributed by atoms with van der Waals surface area (Å²) in [5, 5.41) is 5.22. The van der Waals surface area contributed by atoms with Gasteiger partial charge in [-0.1, -0.05) is 35.9 Å². The number of para-hydroxylation sites is 1. The molecule has 0 bridgehead atoms. The van der Waals surface area contributed by atoms with Crippen LogP contribution in [-0.2, 0) is 6.54 Å². The number of hydrogen-bond acceptors (Lipinski definition) is 6. The number of benzene rings is 3. The van der Waals surface area contributed by atoms with E-state index in [4.69, 9.17) is 9.47 Å². The molecular formula is C27H24N4O4. The van der Waals surface area contributed by atoms with Crippen LogP contribution in [-0.4, -0.2) is 39.2 Å². The van der Waals surface area contributed by atoms with Crippen molar-refractivity contribution < 1.29 is 14.3 Å². The van der Waals surface area contributed by atoms with Gasteiger partial charge in [0.2, 0.25) is 0 Å². The molecule has 8 nitrogen and oxygen atoms in total. The summed E-state index contributed by atoms with van der Waals surface area (Å²) in [4.78, 5) is 31.4. The Morgan fingerprint density at radius 1 is 0.943 bits per heavy atom. The van der Waals surface area contributed by atoms with Gasteiger partial charge < -0.3 is 9.47 Å². The maximum atomic E-state index is 13.6. The number of carbonyl (C=O) groups is 1. The molecule has 5 rings (SSSR count). The van der Waals surface area contributed by atoms with Crippen LogP contribution in [0.15, 0.2) is 65.5 Å². The summed E-state index contributed by atoms with van der Waals surface area (Å²) < 4.78 is 13.4. The maximum absolute atomic E-state index is 13.6. The van der Waals surface area contributed by atoms with Gasteiger partial charge in [0, 0.05) is 22.6 Å². The Hall–Kier alpha value is -4.46. The van der Waals surface area contributed by atoms with E-state index < -0.39 is 5.69 Å². The van der Waals surface area contributed by atoms with Crippen molar-refractivity contribution in [3.05, 3.63) is 87.8 Å². The smallest absolute Gasteiger partial charge is 0.351 e. The Kier molecular flexibility index (Phi) is 5.56. The molecule has 0 spiro atoms. The highest BCUT2D eigenvalue weighted by molar-refractivity contribution is 5.99. The molecule has 8 heteroatoms. The first kappa shape index (κ1) is 22.3. The molecule has 0 aliphatic carbocycles. The Labute approximate surface area is 201 Å². The molecule has 5 aromatic rings. The fourth-order valence-electron chi connectivity index (χ4n) is 4.30. The molecule has 2 aromatic heterocycles. The molecule has 0 N–H and O–H groups in total. The summed E-state index contributed by atoms with van der Waals surface area (Å²) in [5.41, 5.74) is 3.78. The Morgan fingerprint density at radius 2 is 1.66 bits per heavy atom. The van der Waals surface area contributed by atoms with Gasteiger partial charge in [-0.25, -0.2) is 9.78 Å². The number of fused-ring (bicyclic) bond motifs is 3. The van der Waals surface area contributed by atoms with Crippen molar-refractivity contribution in [1.82, 2.24) is 19.2 Å². The molecule has 0 aliphatic rings. The molecule has 0 aliphatic heterocycles. The van der Waals surface area contributed by atoms with Crippen LogP contribution in [0.3, 0.4) is 0 Å². The highest BCUT2D eigenvalue weighted by Crippen LogP contribution is 2.29. The van der Waals surface area contributed by atoms with E-state index in [1.807, 2.05) is 56.3 Å². The van der Waals surface area contributed by atoms with Crippen LogP contribution in [0.5, 0.6) is 11.5 Å². The summed E-state index contributed by atoms with van der Waals surface area (Å²) >= 11 is 0. The Bertz CT molecular complexity index is 1640. The van der Waals surface area contributed by atoms with E-state index in [2.05, 4.69) is 10.1 Å². The quantitative estimate of drug-likeness (QED) is 0.347. The van der Waals surface area contributed by atoms with Gasteiger partial charge in [0.25, 0.3) is 0 Å². The lowest BCUT2D eigenvalue weighted by Crippen LogP contribution is -2.30. The molecule has 0 saturated heterocycles. The van der Waals surface area contributed by atoms with Gasteiger partial charge >= 0.3 is 5.69 Å². The summed E-state index contributed by atoms with van der Waals surface area (Å²) in [6.07, 6.45) is 0. The van der Waals surface area contributed by atoms with Crippen molar-refractivity contribution in [3.8, 4) is 22.9 Å². The third-order valence-electron chi connectivity index (χ3n) is 6.05. The van der Waals surface area contributed by atoms with Gasteiger partial charge in [-0.3, -0.25) is 9.36 Å². The number of carbonyl (C=O) groups excluding carboxylic acids is 1. The normalized spacial score (nSPS) is 11.2. The fraction of sp³-hybridized carbons (Fsp3) is 0.185. The predicted molar refractivity (Wildman–Crippen MR) is 134 cm³/mol. The molecular weight excluding hydrogens is 444 g/mol. The Balaban J connectivity index is 1.68. The van der Waals surface area contributed by atoms with Crippen LogP contribution in [0.25, 0.3) is 27.9 Å². The number of methoxy groups -OCH3 is 2. The van der Waals surface area contributed by atoms with Crippen molar-refractivity contribution in [3.63, 3.8) is 0 Å². The van der Waals surface area contributed by atoms with Crippen LogP contribution >= 0.6 is 0 Å². The lowest BCUT2D eigenvalue weighted by molar-refractivity contribution is 0.0971. The van der Waals surface area contributed by atoms with Crippen molar-refractivity contribution in [2.45, 2.75) is 20.4 Å². The van der Waals surface area contributed by atoms with E-state index in [-0.39, 0.29) is 12.3 Å². The molecule has 0 atom stereocenters. The molecule has 0 saturated carbocycles. The second kappa shape index (κ2) is 8.72. The molecule has 35 heavy (non-hydrogen) atoms. The highest BCUT2D eigenvalue weighted by atomic mass is 16.5. The molecule has 0 amide bonds. The number of rotatable bonds is 6. The van der Waals surface area contributed by atoms with Crippen LogP contribution in [0.1, 0.15) is 21.5 Å². The zero-order chi connectivity index (χ0) is 24.7. The van der Waals surface area contributed by atoms with Gasteiger partial charge in [0.1, 0.15) is 11.5 Å².